The molecule has 24 nitrogen and oxygen atoms in total. The molecule has 4 saturated heterocycles. The summed E-state index contributed by atoms with van der Waals surface area (Å²) in [5.74, 6) is 0.670. The second-order valence-corrected chi connectivity index (χ2v) is 28.9. The minimum absolute atomic E-state index is 0.0124. The number of nitriles is 2. The molecule has 494 valence electrons. The first kappa shape index (κ1) is 68.1. The van der Waals surface area contributed by atoms with Crippen LogP contribution < -0.4 is 52.0 Å². The van der Waals surface area contributed by atoms with Gasteiger partial charge in [0, 0.05) is 140 Å². The predicted molar refractivity (Wildman–Crippen MR) is 346 cm³/mol. The Hall–Kier alpha value is -6.82. The molecule has 92 heavy (non-hydrogen) atoms. The lowest BCUT2D eigenvalue weighted by Gasteiger charge is -2.36. The van der Waals surface area contributed by atoms with Crippen LogP contribution in [0.15, 0.2) is 82.6 Å². The molecule has 6 aliphatic rings. The third-order valence-electron chi connectivity index (χ3n) is 18.1. The average molecular weight is 1340 g/mol. The van der Waals surface area contributed by atoms with Gasteiger partial charge in [0.15, 0.2) is 0 Å². The fourth-order valence-corrected chi connectivity index (χ4v) is 16.6. The van der Waals surface area contributed by atoms with Crippen LogP contribution in [-0.2, 0) is 42.5 Å². The number of hydrogen-bond acceptors (Lipinski definition) is 16. The largest absolute Gasteiger partial charge is 0.484 e. The van der Waals surface area contributed by atoms with Crippen LogP contribution in [0.25, 0.3) is 0 Å². The van der Waals surface area contributed by atoms with Crippen LogP contribution in [0.3, 0.4) is 0 Å². The van der Waals surface area contributed by atoms with E-state index in [1.165, 1.54) is 8.61 Å². The van der Waals surface area contributed by atoms with E-state index in [0.717, 1.165) is 74.6 Å². The van der Waals surface area contributed by atoms with E-state index >= 15 is 0 Å². The molecule has 10 rings (SSSR count). The Morgan fingerprint density at radius 1 is 0.511 bits per heavy atom. The number of ether oxygens (including phenoxy) is 2. The number of carbonyl (C=O) groups is 4. The van der Waals surface area contributed by atoms with Gasteiger partial charge in [0.2, 0.25) is 31.9 Å². The molecule has 0 saturated carbocycles. The fourth-order valence-electron chi connectivity index (χ4n) is 13.2. The van der Waals surface area contributed by atoms with Crippen molar-refractivity contribution >= 4 is 67.1 Å². The Balaban J connectivity index is 0.536. The van der Waals surface area contributed by atoms with Gasteiger partial charge >= 0.3 is 12.1 Å². The zero-order valence-corrected chi connectivity index (χ0v) is 54.7. The van der Waals surface area contributed by atoms with Gasteiger partial charge in [0.1, 0.15) is 23.7 Å². The van der Waals surface area contributed by atoms with Crippen molar-refractivity contribution in [3.8, 4) is 23.6 Å². The monoisotopic (exact) mass is 1340 g/mol. The maximum Gasteiger partial charge on any atom is 0.314 e. The molecular weight excluding hydrogens is 1260 g/mol. The number of amides is 6. The second-order valence-electron chi connectivity index (χ2n) is 24.2. The Bertz CT molecular complexity index is 3340. The van der Waals surface area contributed by atoms with E-state index in [4.69, 9.17) is 32.7 Å². The number of unbranched alkanes of at least 4 members (excludes halogenated alkanes) is 1. The first-order valence-corrected chi connectivity index (χ1v) is 35.6. The molecule has 4 heterocycles. The van der Waals surface area contributed by atoms with Crippen molar-refractivity contribution in [1.82, 2.24) is 60.9 Å². The van der Waals surface area contributed by atoms with Crippen LogP contribution in [-0.4, -0.2) is 188 Å². The Labute approximate surface area is 548 Å². The summed E-state index contributed by atoms with van der Waals surface area (Å²) in [6.45, 7) is 9.04. The van der Waals surface area contributed by atoms with E-state index in [1.807, 2.05) is 12.1 Å². The standard InChI is InChI=1S/C64H82Cl2N14O10S2/c65-45-35-43(41-67)53-39-57(77-31-23-69-24-32-77)61(55(53)37-45)89-49-7-11-51(12-8-49)91(85,86)79-27-15-47(16-28-79)75-59(81)5-3-21-73-63(83)71-19-1-2-20-72-64(84)74-22-4-6-60(82)76-48-17-29-80(30-18-48)92(87,88)52-13-9-50(10-14-52)90-62-56-38-46(66)36-44(42-68)54(56)40-58(62)78-33-25-70-26-34-78/h7-14,35-38,47-48,57-58,61-62,69-70H,1-6,15-34,39-40H2,(H,75,81)(H,76,82)(H2,71,73,83)(H2,72,74,84)/t57-,58-,61-,62-/m0/s1. The summed E-state index contributed by atoms with van der Waals surface area (Å²) in [7, 11) is -7.63. The van der Waals surface area contributed by atoms with Gasteiger partial charge in [-0.05, 0) is 159 Å². The number of nitrogens with one attached hydrogen (secondary N) is 8. The van der Waals surface area contributed by atoms with Crippen molar-refractivity contribution in [2.75, 3.05) is 105 Å². The molecule has 28 heteroatoms. The van der Waals surface area contributed by atoms with Crippen molar-refractivity contribution in [3.05, 3.63) is 116 Å². The molecule has 4 fully saturated rings. The Morgan fingerprint density at radius 2 is 0.859 bits per heavy atom. The highest BCUT2D eigenvalue weighted by molar-refractivity contribution is 7.89. The molecule has 8 N–H and O–H groups in total. The van der Waals surface area contributed by atoms with E-state index in [9.17, 15) is 46.5 Å². The minimum atomic E-state index is -3.81. The number of carbonyl (C=O) groups excluding carboxylic acids is 4. The highest BCUT2D eigenvalue weighted by Crippen LogP contribution is 2.43. The molecule has 0 radical (unpaired) electrons. The average Bonchev–Trinajstić information content (AvgIpc) is 1.60. The molecule has 0 spiro atoms. The number of rotatable bonds is 25. The number of piperazine rings is 2. The quantitative estimate of drug-likeness (QED) is 0.0413. The molecule has 4 aromatic rings. The maximum atomic E-state index is 13.7. The number of nitrogens with zero attached hydrogens (tertiary/aromatic N) is 6. The number of halogens is 2. The van der Waals surface area contributed by atoms with E-state index in [-0.39, 0.29) is 110 Å². The normalized spacial score (nSPS) is 21.0. The van der Waals surface area contributed by atoms with E-state index in [0.29, 0.717) is 110 Å². The Morgan fingerprint density at radius 3 is 1.21 bits per heavy atom. The molecular formula is C64H82Cl2N14O10S2. The lowest BCUT2D eigenvalue weighted by Crippen LogP contribution is -2.50. The van der Waals surface area contributed by atoms with Gasteiger partial charge in [-0.1, -0.05) is 23.2 Å². The molecule has 6 amide bonds. The van der Waals surface area contributed by atoms with Crippen LogP contribution in [0.5, 0.6) is 11.5 Å². The summed E-state index contributed by atoms with van der Waals surface area (Å²) in [6, 6.07) is 23.4. The third-order valence-corrected chi connectivity index (χ3v) is 22.4. The summed E-state index contributed by atoms with van der Waals surface area (Å²) in [5, 5.41) is 44.5. The van der Waals surface area contributed by atoms with Crippen LogP contribution in [0.2, 0.25) is 10.0 Å². The molecule has 0 bridgehead atoms. The van der Waals surface area contributed by atoms with Crippen LogP contribution >= 0.6 is 23.2 Å². The van der Waals surface area contributed by atoms with Crippen molar-refractivity contribution in [1.29, 1.82) is 10.5 Å². The Kier molecular flexibility index (Phi) is 23.6. The molecule has 4 aliphatic heterocycles. The fraction of sp³-hybridized carbons (Fsp3) is 0.531. The van der Waals surface area contributed by atoms with Crippen LogP contribution in [0.1, 0.15) is 110 Å². The first-order chi connectivity index (χ1) is 44.5. The lowest BCUT2D eigenvalue weighted by molar-refractivity contribution is -0.123. The molecule has 2 aliphatic carbocycles. The van der Waals surface area contributed by atoms with Crippen LogP contribution in [0, 0.1) is 22.7 Å². The number of fused-ring (bicyclic) bond motifs is 2. The molecule has 4 atom stereocenters. The SMILES string of the molecule is N#Cc1cc(Cl)cc2c1C[C@H](N1CCNCC1)[C@H]2Oc1ccc(S(=O)(=O)N2CCC(NC(=O)CCCNC(=O)NCCCCNC(=O)NCCCC(=O)NC3CCN(S(=O)(=O)c4ccc(O[C@H]5c6cc(Cl)cc(C#N)c6C[C@@H]5N5CCNCC5)cc4)CC3)CC2)cc1. The van der Waals surface area contributed by atoms with E-state index in [2.05, 4.69) is 64.5 Å². The zero-order valence-electron chi connectivity index (χ0n) is 51.5. The number of urea groups is 2. The van der Waals surface area contributed by atoms with Crippen molar-refractivity contribution in [2.24, 2.45) is 0 Å². The lowest BCUT2D eigenvalue weighted by atomic mass is 10.0. The van der Waals surface area contributed by atoms with Gasteiger partial charge in [-0.2, -0.15) is 19.1 Å². The second kappa shape index (κ2) is 31.9. The maximum absolute atomic E-state index is 13.7. The van der Waals surface area contributed by atoms with Gasteiger partial charge in [0.05, 0.1) is 45.1 Å². The summed E-state index contributed by atoms with van der Waals surface area (Å²) >= 11 is 12.9. The number of hydrogen-bond donors (Lipinski definition) is 8. The molecule has 0 unspecified atom stereocenters. The first-order valence-electron chi connectivity index (χ1n) is 32.0. The summed E-state index contributed by atoms with van der Waals surface area (Å²) in [6.07, 6.45) is 4.76. The zero-order chi connectivity index (χ0) is 64.8. The topological polar surface area (TPSA) is 312 Å². The smallest absolute Gasteiger partial charge is 0.314 e. The van der Waals surface area contributed by atoms with Gasteiger partial charge < -0.3 is 52.0 Å². The van der Waals surface area contributed by atoms with Gasteiger partial charge in [0.25, 0.3) is 0 Å². The summed E-state index contributed by atoms with van der Waals surface area (Å²) < 4.78 is 71.0. The molecule has 0 aromatic heterocycles. The highest BCUT2D eigenvalue weighted by atomic mass is 35.5. The third kappa shape index (κ3) is 17.3. The van der Waals surface area contributed by atoms with Crippen LogP contribution in [0.4, 0.5) is 9.59 Å². The molecule has 4 aromatic carbocycles. The number of piperidine rings is 2. The van der Waals surface area contributed by atoms with Crippen molar-refractivity contribution in [2.45, 2.75) is 123 Å². The number of sulfonamides is 2. The summed E-state index contributed by atoms with van der Waals surface area (Å²) in [4.78, 5) is 55.4. The van der Waals surface area contributed by atoms with E-state index in [1.54, 1.807) is 60.7 Å². The summed E-state index contributed by atoms with van der Waals surface area (Å²) in [5.41, 5.74) is 4.68. The van der Waals surface area contributed by atoms with Gasteiger partial charge in [-0.15, -0.1) is 0 Å². The van der Waals surface area contributed by atoms with Crippen molar-refractivity contribution in [3.63, 3.8) is 0 Å². The predicted octanol–water partition coefficient (Wildman–Crippen LogP) is 4.81. The number of benzene rings is 4. The van der Waals surface area contributed by atoms with Gasteiger partial charge in [-0.25, -0.2) is 26.4 Å². The highest BCUT2D eigenvalue weighted by Gasteiger charge is 2.42. The van der Waals surface area contributed by atoms with Gasteiger partial charge in [-0.3, -0.25) is 19.4 Å². The minimum Gasteiger partial charge on any atom is -0.484 e. The van der Waals surface area contributed by atoms with Crippen molar-refractivity contribution < 1.29 is 45.5 Å². The van der Waals surface area contributed by atoms with E-state index < -0.39 is 32.3 Å².